The second-order valence-corrected chi connectivity index (χ2v) is 4.39. The van der Waals surface area contributed by atoms with Crippen molar-refractivity contribution in [2.75, 3.05) is 18.8 Å². The fourth-order valence-corrected chi connectivity index (χ4v) is 2.32. The Hall–Kier alpha value is -0.650. The molecule has 4 N–H and O–H groups in total. The van der Waals surface area contributed by atoms with Crippen molar-refractivity contribution in [1.29, 1.82) is 0 Å². The summed E-state index contributed by atoms with van der Waals surface area (Å²) < 4.78 is 0. The summed E-state index contributed by atoms with van der Waals surface area (Å²) in [6.45, 7) is 2.97. The molecular formula is C8H14N4S. The average Bonchev–Trinajstić information content (AvgIpc) is 2.62. The molecule has 1 fully saturated rings. The van der Waals surface area contributed by atoms with Gasteiger partial charge in [0.15, 0.2) is 0 Å². The zero-order valence-electron chi connectivity index (χ0n) is 7.44. The normalized spacial score (nSPS) is 23.9. The molecule has 1 aliphatic heterocycles. The van der Waals surface area contributed by atoms with E-state index in [4.69, 9.17) is 11.5 Å². The molecular weight excluding hydrogens is 184 g/mol. The van der Waals surface area contributed by atoms with Crippen molar-refractivity contribution in [3.05, 3.63) is 10.4 Å². The maximum atomic E-state index is 5.80. The van der Waals surface area contributed by atoms with Crippen LogP contribution < -0.4 is 11.5 Å². The van der Waals surface area contributed by atoms with E-state index in [9.17, 15) is 0 Å². The fourth-order valence-electron chi connectivity index (χ4n) is 1.60. The van der Waals surface area contributed by atoms with Gasteiger partial charge < -0.3 is 11.5 Å². The van der Waals surface area contributed by atoms with Crippen LogP contribution in [0.1, 0.15) is 11.4 Å². The molecule has 0 radical (unpaired) electrons. The van der Waals surface area contributed by atoms with Gasteiger partial charge in [0.25, 0.3) is 0 Å². The van der Waals surface area contributed by atoms with Crippen molar-refractivity contribution >= 4 is 17.2 Å². The van der Waals surface area contributed by atoms with Crippen molar-refractivity contribution in [3.63, 3.8) is 0 Å². The lowest BCUT2D eigenvalue weighted by Gasteiger charge is -2.12. The Morgan fingerprint density at radius 2 is 2.54 bits per heavy atom. The Bertz CT molecular complexity index is 285. The monoisotopic (exact) mass is 198 g/mol. The zero-order chi connectivity index (χ0) is 9.26. The molecule has 0 amide bonds. The van der Waals surface area contributed by atoms with E-state index in [0.29, 0.717) is 11.9 Å². The molecule has 72 valence electrons. The number of hydrogen-bond donors (Lipinski definition) is 2. The number of aromatic nitrogens is 1. The first kappa shape index (κ1) is 8.93. The van der Waals surface area contributed by atoms with Gasteiger partial charge >= 0.3 is 0 Å². The van der Waals surface area contributed by atoms with E-state index in [1.54, 1.807) is 11.3 Å². The molecule has 1 aromatic rings. The number of nitrogens with two attached hydrogens (primary N) is 2. The smallest absolute Gasteiger partial charge is 0.134 e. The third-order valence-electron chi connectivity index (χ3n) is 2.24. The molecule has 1 saturated heterocycles. The van der Waals surface area contributed by atoms with E-state index in [2.05, 4.69) is 9.88 Å². The maximum absolute atomic E-state index is 5.80. The molecule has 1 unspecified atom stereocenters. The van der Waals surface area contributed by atoms with Gasteiger partial charge in [-0.05, 0) is 6.42 Å². The van der Waals surface area contributed by atoms with E-state index in [1.165, 1.54) is 0 Å². The summed E-state index contributed by atoms with van der Waals surface area (Å²) in [6.07, 6.45) is 1.10. The van der Waals surface area contributed by atoms with Crippen LogP contribution >= 0.6 is 11.3 Å². The molecule has 1 atom stereocenters. The first-order valence-electron chi connectivity index (χ1n) is 4.42. The second-order valence-electron chi connectivity index (χ2n) is 3.45. The van der Waals surface area contributed by atoms with Crippen LogP contribution in [0.15, 0.2) is 5.38 Å². The molecule has 0 aliphatic carbocycles. The van der Waals surface area contributed by atoms with E-state index in [0.717, 1.165) is 31.1 Å². The van der Waals surface area contributed by atoms with E-state index in [1.807, 2.05) is 5.38 Å². The number of thiazole rings is 1. The molecule has 1 aliphatic rings. The Kier molecular flexibility index (Phi) is 2.48. The van der Waals surface area contributed by atoms with Gasteiger partial charge in [-0.1, -0.05) is 0 Å². The van der Waals surface area contributed by atoms with Gasteiger partial charge in [0.2, 0.25) is 0 Å². The lowest BCUT2D eigenvalue weighted by Crippen LogP contribution is -2.26. The van der Waals surface area contributed by atoms with Crippen LogP contribution in [0.4, 0.5) is 5.82 Å². The topological polar surface area (TPSA) is 68.2 Å². The quantitative estimate of drug-likeness (QED) is 0.715. The summed E-state index contributed by atoms with van der Waals surface area (Å²) in [5.41, 5.74) is 11.3. The van der Waals surface area contributed by atoms with Crippen LogP contribution in [-0.4, -0.2) is 29.0 Å². The van der Waals surface area contributed by atoms with Crippen LogP contribution in [0.2, 0.25) is 0 Å². The predicted octanol–water partition coefficient (Wildman–Crippen LogP) is 0.258. The second kappa shape index (κ2) is 3.61. The molecule has 0 aromatic carbocycles. The Morgan fingerprint density at radius 3 is 3.08 bits per heavy atom. The summed E-state index contributed by atoms with van der Waals surface area (Å²) >= 11 is 1.62. The summed E-state index contributed by atoms with van der Waals surface area (Å²) in [7, 11) is 0. The molecule has 4 nitrogen and oxygen atoms in total. The van der Waals surface area contributed by atoms with Crippen molar-refractivity contribution in [2.24, 2.45) is 5.73 Å². The summed E-state index contributed by atoms with van der Waals surface area (Å²) in [4.78, 5) is 6.54. The number of likely N-dealkylation sites (tertiary alicyclic amines) is 1. The SMILES string of the molecule is Nc1csc(CN2CCC(N)C2)n1. The third kappa shape index (κ3) is 2.18. The number of anilines is 1. The fraction of sp³-hybridized carbons (Fsp3) is 0.625. The Labute approximate surface area is 81.5 Å². The average molecular weight is 198 g/mol. The number of nitrogen functional groups attached to an aromatic ring is 1. The molecule has 0 saturated carbocycles. The minimum absolute atomic E-state index is 0.345. The highest BCUT2D eigenvalue weighted by Crippen LogP contribution is 2.16. The molecule has 2 rings (SSSR count). The van der Waals surface area contributed by atoms with Gasteiger partial charge in [-0.15, -0.1) is 11.3 Å². The molecule has 2 heterocycles. The van der Waals surface area contributed by atoms with Crippen molar-refractivity contribution in [3.8, 4) is 0 Å². The lowest BCUT2D eigenvalue weighted by molar-refractivity contribution is 0.326. The van der Waals surface area contributed by atoms with Crippen molar-refractivity contribution < 1.29 is 0 Å². The van der Waals surface area contributed by atoms with Gasteiger partial charge in [-0.3, -0.25) is 4.90 Å². The van der Waals surface area contributed by atoms with Gasteiger partial charge in [0.1, 0.15) is 10.8 Å². The van der Waals surface area contributed by atoms with E-state index in [-0.39, 0.29) is 0 Å². The van der Waals surface area contributed by atoms with E-state index < -0.39 is 0 Å². The zero-order valence-corrected chi connectivity index (χ0v) is 8.26. The highest BCUT2D eigenvalue weighted by Gasteiger charge is 2.19. The summed E-state index contributed by atoms with van der Waals surface area (Å²) in [6, 6.07) is 0.345. The van der Waals surface area contributed by atoms with Crippen molar-refractivity contribution in [1.82, 2.24) is 9.88 Å². The number of hydrogen-bond acceptors (Lipinski definition) is 5. The first-order chi connectivity index (χ1) is 6.24. The van der Waals surface area contributed by atoms with Gasteiger partial charge in [0.05, 0.1) is 6.54 Å². The molecule has 0 bridgehead atoms. The third-order valence-corrected chi connectivity index (χ3v) is 3.09. The first-order valence-corrected chi connectivity index (χ1v) is 5.30. The van der Waals surface area contributed by atoms with Gasteiger partial charge in [-0.25, -0.2) is 4.98 Å². The van der Waals surface area contributed by atoms with Gasteiger partial charge in [0, 0.05) is 24.5 Å². The molecule has 13 heavy (non-hydrogen) atoms. The summed E-state index contributed by atoms with van der Waals surface area (Å²) in [5, 5.41) is 2.97. The standard InChI is InChI=1S/C8H14N4S/c9-6-1-2-12(3-6)4-8-11-7(10)5-13-8/h5-6H,1-4,9-10H2. The van der Waals surface area contributed by atoms with E-state index >= 15 is 0 Å². The lowest BCUT2D eigenvalue weighted by atomic mass is 10.3. The predicted molar refractivity (Wildman–Crippen MR) is 54.4 cm³/mol. The molecule has 5 heteroatoms. The van der Waals surface area contributed by atoms with Crippen LogP contribution in [-0.2, 0) is 6.54 Å². The minimum Gasteiger partial charge on any atom is -0.383 e. The van der Waals surface area contributed by atoms with Crippen LogP contribution in [0.25, 0.3) is 0 Å². The van der Waals surface area contributed by atoms with Crippen LogP contribution in [0.3, 0.4) is 0 Å². The molecule has 1 aromatic heterocycles. The highest BCUT2D eigenvalue weighted by atomic mass is 32.1. The minimum atomic E-state index is 0.345. The molecule has 0 spiro atoms. The van der Waals surface area contributed by atoms with Crippen LogP contribution in [0.5, 0.6) is 0 Å². The highest BCUT2D eigenvalue weighted by molar-refractivity contribution is 7.09. The Morgan fingerprint density at radius 1 is 1.69 bits per heavy atom. The summed E-state index contributed by atoms with van der Waals surface area (Å²) in [5.74, 6) is 0.628. The largest absolute Gasteiger partial charge is 0.383 e. The number of rotatable bonds is 2. The maximum Gasteiger partial charge on any atom is 0.134 e. The Balaban J connectivity index is 1.91. The van der Waals surface area contributed by atoms with Crippen LogP contribution in [0, 0.1) is 0 Å². The van der Waals surface area contributed by atoms with Crippen molar-refractivity contribution in [2.45, 2.75) is 19.0 Å². The number of nitrogens with zero attached hydrogens (tertiary/aromatic N) is 2. The van der Waals surface area contributed by atoms with Gasteiger partial charge in [-0.2, -0.15) is 0 Å².